The Morgan fingerprint density at radius 2 is 1.71 bits per heavy atom. The van der Waals surface area contributed by atoms with Crippen LogP contribution in [0.4, 0.5) is 5.69 Å². The number of halogens is 2. The number of rotatable bonds is 10. The molecule has 0 amide bonds. The maximum atomic E-state index is 9.39. The van der Waals surface area contributed by atoms with E-state index in [1.54, 1.807) is 0 Å². The number of piperazine rings is 1. The van der Waals surface area contributed by atoms with Crippen LogP contribution >= 0.6 is 23.2 Å². The lowest BCUT2D eigenvalue weighted by molar-refractivity contribution is 0.106. The zero-order valence-electron chi connectivity index (χ0n) is 25.1. The van der Waals surface area contributed by atoms with Gasteiger partial charge in [0.1, 0.15) is 12.4 Å². The van der Waals surface area contributed by atoms with E-state index in [0.717, 1.165) is 36.4 Å². The zero-order valence-corrected chi connectivity index (χ0v) is 27.6. The summed E-state index contributed by atoms with van der Waals surface area (Å²) in [5, 5.41) is 19.9. The number of aliphatic hydroxyl groups is 1. The van der Waals surface area contributed by atoms with Crippen molar-refractivity contribution in [1.29, 1.82) is 5.26 Å². The molecule has 42 heavy (non-hydrogen) atoms. The molecule has 3 aromatic carbocycles. The van der Waals surface area contributed by atoms with Crippen molar-refractivity contribution in [3.8, 4) is 11.8 Å². The van der Waals surface area contributed by atoms with Gasteiger partial charge in [0.2, 0.25) is 0 Å². The van der Waals surface area contributed by atoms with Crippen LogP contribution < -0.4 is 9.64 Å². The number of hydrogen-bond donors (Lipinski definition) is 1. The molecule has 1 N–H and O–H groups in total. The molecular formula is C33H41Cl2N3O3Si. The lowest BCUT2D eigenvalue weighted by Gasteiger charge is -2.47. The SMILES string of the molecule is CC(C)(C)[Si](C)(C)OC[C@H](c1ccc(C#N)cc1)N1CCN(c2ccc(OCCO)cc2Cl)[C@H](c2ccc(Cl)cc2)C1. The highest BCUT2D eigenvalue weighted by Crippen LogP contribution is 2.41. The first-order valence-electron chi connectivity index (χ1n) is 14.4. The lowest BCUT2D eigenvalue weighted by Crippen LogP contribution is -2.51. The summed E-state index contributed by atoms with van der Waals surface area (Å²) in [6.07, 6.45) is 0. The fourth-order valence-electron chi connectivity index (χ4n) is 5.02. The molecule has 0 saturated carbocycles. The number of hydrogen-bond acceptors (Lipinski definition) is 6. The molecule has 6 nitrogen and oxygen atoms in total. The molecule has 2 atom stereocenters. The van der Waals surface area contributed by atoms with Crippen molar-refractivity contribution in [2.24, 2.45) is 0 Å². The van der Waals surface area contributed by atoms with Crippen molar-refractivity contribution in [3.05, 3.63) is 93.5 Å². The van der Waals surface area contributed by atoms with E-state index in [2.05, 4.69) is 74.0 Å². The molecule has 0 bridgehead atoms. The maximum absolute atomic E-state index is 9.39. The van der Waals surface area contributed by atoms with Gasteiger partial charge in [0, 0.05) is 30.7 Å². The van der Waals surface area contributed by atoms with Crippen LogP contribution in [0.25, 0.3) is 0 Å². The van der Waals surface area contributed by atoms with Crippen LogP contribution in [0.5, 0.6) is 5.75 Å². The lowest BCUT2D eigenvalue weighted by atomic mass is 9.97. The van der Waals surface area contributed by atoms with Gasteiger partial charge < -0.3 is 19.2 Å². The quantitative estimate of drug-likeness (QED) is 0.231. The van der Waals surface area contributed by atoms with Gasteiger partial charge in [-0.15, -0.1) is 0 Å². The topological polar surface area (TPSA) is 69.0 Å². The van der Waals surface area contributed by atoms with Crippen molar-refractivity contribution in [3.63, 3.8) is 0 Å². The van der Waals surface area contributed by atoms with Gasteiger partial charge in [0.15, 0.2) is 8.32 Å². The summed E-state index contributed by atoms with van der Waals surface area (Å²) in [6.45, 7) is 14.4. The molecule has 0 unspecified atom stereocenters. The molecular weight excluding hydrogens is 585 g/mol. The third kappa shape index (κ3) is 7.68. The Labute approximate surface area is 261 Å². The van der Waals surface area contributed by atoms with Crippen molar-refractivity contribution >= 4 is 37.2 Å². The average molecular weight is 627 g/mol. The first kappa shape index (κ1) is 32.3. The number of nitrogens with zero attached hydrogens (tertiary/aromatic N) is 3. The van der Waals surface area contributed by atoms with E-state index in [9.17, 15) is 5.26 Å². The van der Waals surface area contributed by atoms with Crippen molar-refractivity contribution in [1.82, 2.24) is 4.90 Å². The van der Waals surface area contributed by atoms with Gasteiger partial charge in [0.05, 0.1) is 47.6 Å². The molecule has 0 radical (unpaired) electrons. The van der Waals surface area contributed by atoms with E-state index in [1.807, 2.05) is 42.5 Å². The van der Waals surface area contributed by atoms with Crippen LogP contribution in [-0.2, 0) is 4.43 Å². The third-order valence-electron chi connectivity index (χ3n) is 8.53. The van der Waals surface area contributed by atoms with Gasteiger partial charge in [-0.05, 0) is 65.7 Å². The van der Waals surface area contributed by atoms with Gasteiger partial charge in [-0.25, -0.2) is 0 Å². The minimum atomic E-state index is -2.01. The van der Waals surface area contributed by atoms with E-state index in [0.29, 0.717) is 28.0 Å². The predicted octanol–water partition coefficient (Wildman–Crippen LogP) is 7.86. The molecule has 1 fully saturated rings. The maximum Gasteiger partial charge on any atom is 0.192 e. The predicted molar refractivity (Wildman–Crippen MR) is 174 cm³/mol. The molecule has 0 aliphatic carbocycles. The Morgan fingerprint density at radius 3 is 2.31 bits per heavy atom. The van der Waals surface area contributed by atoms with Crippen LogP contribution in [0.15, 0.2) is 66.7 Å². The molecule has 1 aliphatic rings. The Hall–Kier alpha value is -2.57. The van der Waals surface area contributed by atoms with Crippen LogP contribution in [0.3, 0.4) is 0 Å². The fraction of sp³-hybridized carbons (Fsp3) is 0.424. The zero-order chi connectivity index (χ0) is 30.5. The number of aliphatic hydroxyl groups excluding tert-OH is 1. The van der Waals surface area contributed by atoms with Gasteiger partial charge in [-0.2, -0.15) is 5.26 Å². The molecule has 1 saturated heterocycles. The molecule has 224 valence electrons. The normalized spacial score (nSPS) is 17.1. The molecule has 0 spiro atoms. The first-order chi connectivity index (χ1) is 19.9. The van der Waals surface area contributed by atoms with Crippen molar-refractivity contribution in [2.45, 2.75) is 51.0 Å². The second-order valence-electron chi connectivity index (χ2n) is 12.3. The second-order valence-corrected chi connectivity index (χ2v) is 17.9. The first-order valence-corrected chi connectivity index (χ1v) is 18.0. The Balaban J connectivity index is 1.68. The monoisotopic (exact) mass is 625 g/mol. The van der Waals surface area contributed by atoms with Gasteiger partial charge in [-0.1, -0.05) is 68.2 Å². The van der Waals surface area contributed by atoms with E-state index in [-0.39, 0.29) is 30.3 Å². The Bertz CT molecular complexity index is 1370. The Morgan fingerprint density at radius 1 is 1.02 bits per heavy atom. The van der Waals surface area contributed by atoms with Gasteiger partial charge in [0.25, 0.3) is 0 Å². The molecule has 1 aliphatic heterocycles. The molecule has 3 aromatic rings. The number of benzene rings is 3. The smallest absolute Gasteiger partial charge is 0.192 e. The summed E-state index contributed by atoms with van der Waals surface area (Å²) in [4.78, 5) is 4.85. The summed E-state index contributed by atoms with van der Waals surface area (Å²) < 4.78 is 12.4. The van der Waals surface area contributed by atoms with Gasteiger partial charge in [-0.3, -0.25) is 4.90 Å². The second kappa shape index (κ2) is 13.8. The standard InChI is InChI=1S/C33H41Cl2N3O3Si/c1-33(2,3)42(4,5)41-23-32(26-8-6-24(21-36)7-9-26)37-16-17-38(31(22-37)25-10-12-27(34)13-11-25)30-15-14-28(20-29(30)35)40-19-18-39/h6-15,20,31-32,39H,16-19,22-23H2,1-5H3/t31-,32+/m0/s1. The molecule has 1 heterocycles. The molecule has 0 aromatic heterocycles. The summed E-state index contributed by atoms with van der Waals surface area (Å²) in [5.74, 6) is 0.628. The van der Waals surface area contributed by atoms with E-state index < -0.39 is 8.32 Å². The molecule has 4 rings (SSSR count). The average Bonchev–Trinajstić information content (AvgIpc) is 2.96. The van der Waals surface area contributed by atoms with E-state index >= 15 is 0 Å². The summed E-state index contributed by atoms with van der Waals surface area (Å²) in [6, 6.07) is 23.9. The van der Waals surface area contributed by atoms with Crippen molar-refractivity contribution < 1.29 is 14.3 Å². The van der Waals surface area contributed by atoms with E-state index in [4.69, 9.17) is 37.5 Å². The Kier molecular flexibility index (Phi) is 10.6. The van der Waals surface area contributed by atoms with E-state index in [1.165, 1.54) is 0 Å². The largest absolute Gasteiger partial charge is 0.491 e. The van der Waals surface area contributed by atoms with Crippen LogP contribution in [0.2, 0.25) is 28.2 Å². The number of ether oxygens (including phenoxy) is 1. The van der Waals surface area contributed by atoms with Crippen LogP contribution in [0, 0.1) is 11.3 Å². The number of nitriles is 1. The van der Waals surface area contributed by atoms with Gasteiger partial charge >= 0.3 is 0 Å². The summed E-state index contributed by atoms with van der Waals surface area (Å²) >= 11 is 13.1. The minimum absolute atomic E-state index is 0.00600. The third-order valence-corrected chi connectivity index (χ3v) is 13.6. The highest BCUT2D eigenvalue weighted by Gasteiger charge is 2.39. The van der Waals surface area contributed by atoms with Crippen LogP contribution in [0.1, 0.15) is 49.5 Å². The highest BCUT2D eigenvalue weighted by atomic mass is 35.5. The number of anilines is 1. The van der Waals surface area contributed by atoms with Crippen molar-refractivity contribution in [2.75, 3.05) is 44.4 Å². The van der Waals surface area contributed by atoms with Crippen LogP contribution in [-0.4, -0.2) is 57.8 Å². The molecule has 9 heteroatoms. The summed E-state index contributed by atoms with van der Waals surface area (Å²) in [7, 11) is -2.01. The highest BCUT2D eigenvalue weighted by molar-refractivity contribution is 6.74. The minimum Gasteiger partial charge on any atom is -0.491 e. The summed E-state index contributed by atoms with van der Waals surface area (Å²) in [5.41, 5.74) is 3.86. The fourth-order valence-corrected chi connectivity index (χ4v) is 6.43.